The van der Waals surface area contributed by atoms with Gasteiger partial charge < -0.3 is 4.74 Å². The molecule has 1 aliphatic rings. The lowest BCUT2D eigenvalue weighted by atomic mass is 10.4. The van der Waals surface area contributed by atoms with Gasteiger partial charge in [0.05, 0.1) is 14.1 Å². The highest BCUT2D eigenvalue weighted by atomic mass is 16.6. The van der Waals surface area contributed by atoms with Crippen LogP contribution in [0.4, 0.5) is 0 Å². The summed E-state index contributed by atoms with van der Waals surface area (Å²) in [6.45, 7) is 2.60. The van der Waals surface area contributed by atoms with E-state index < -0.39 is 6.08 Å². The zero-order chi connectivity index (χ0) is 4.62. The van der Waals surface area contributed by atoms with Crippen molar-refractivity contribution in [3.8, 4) is 0 Å². The molecule has 1 aliphatic heterocycles. The summed E-state index contributed by atoms with van der Waals surface area (Å²) in [7, 11) is 0. The zero-order valence-electron chi connectivity index (χ0n) is 4.32. The molecule has 0 aromatic heterocycles. The van der Waals surface area contributed by atoms with Gasteiger partial charge in [-0.1, -0.05) is 6.92 Å². The van der Waals surface area contributed by atoms with E-state index in [1.54, 1.807) is 0 Å². The molecule has 1 heterocycles. The third-order valence-electron chi connectivity index (χ3n) is 0.743. The first-order valence-corrected chi connectivity index (χ1v) is 1.91. The molecule has 0 aromatic rings. The van der Waals surface area contributed by atoms with Gasteiger partial charge in [-0.2, -0.15) is 0 Å². The fourth-order valence-electron chi connectivity index (χ4n) is 0.255. The van der Waals surface area contributed by atoms with E-state index in [-0.39, 0.29) is 0 Å². The van der Waals surface area contributed by atoms with Gasteiger partial charge in [0.1, 0.15) is 0 Å². The van der Waals surface area contributed by atoms with Crippen LogP contribution in [-0.2, 0) is 4.74 Å². The third-order valence-corrected chi connectivity index (χ3v) is 0.743. The maximum Gasteiger partial charge on any atom is 0.0807 e. The predicted molar refractivity (Wildman–Crippen MR) is 20.0 cm³/mol. The molecule has 1 fully saturated rings. The topological polar surface area (TPSA) is 12.5 Å². The summed E-state index contributed by atoms with van der Waals surface area (Å²) in [5, 5.41) is 0. The molecular formula is C4H8O. The highest BCUT2D eigenvalue weighted by Gasteiger charge is 2.18. The van der Waals surface area contributed by atoms with Crippen molar-refractivity contribution < 1.29 is 6.11 Å². The van der Waals surface area contributed by atoms with E-state index in [0.717, 1.165) is 6.42 Å². The van der Waals surface area contributed by atoms with Gasteiger partial charge in [0.15, 0.2) is 0 Å². The number of hydrogen-bond acceptors (Lipinski definition) is 1. The second kappa shape index (κ2) is 0.977. The zero-order valence-corrected chi connectivity index (χ0v) is 3.32. The van der Waals surface area contributed by atoms with Crippen LogP contribution in [0, 0.1) is 0 Å². The van der Waals surface area contributed by atoms with Crippen LogP contribution >= 0.6 is 0 Å². The molecule has 1 heteroatoms. The number of rotatable bonds is 1. The van der Waals surface area contributed by atoms with Gasteiger partial charge in [0, 0.05) is 0 Å². The minimum Gasteiger partial charge on any atom is -0.373 e. The Hall–Kier alpha value is -0.0400. The Morgan fingerprint density at radius 3 is 3.00 bits per heavy atom. The quantitative estimate of drug-likeness (QED) is 0.418. The van der Waals surface area contributed by atoms with Gasteiger partial charge >= 0.3 is 0 Å². The first kappa shape index (κ1) is 2.19. The van der Waals surface area contributed by atoms with Crippen molar-refractivity contribution in [1.29, 1.82) is 0 Å². The Kier molecular flexibility index (Phi) is 0.428. The van der Waals surface area contributed by atoms with Crippen molar-refractivity contribution >= 4 is 0 Å². The maximum atomic E-state index is 7.07. The fraction of sp³-hybridized carbons (Fsp3) is 1.00. The van der Waals surface area contributed by atoms with Gasteiger partial charge in [-0.05, 0) is 6.42 Å². The molecule has 1 nitrogen and oxygen atoms in total. The van der Waals surface area contributed by atoms with E-state index in [4.69, 9.17) is 6.11 Å². The van der Waals surface area contributed by atoms with Crippen LogP contribution in [0.2, 0.25) is 0 Å². The molecule has 0 amide bonds. The molecule has 0 aliphatic carbocycles. The van der Waals surface area contributed by atoms with Crippen LogP contribution in [0.3, 0.4) is 0 Å². The van der Waals surface area contributed by atoms with Crippen molar-refractivity contribution in [3.05, 3.63) is 0 Å². The Morgan fingerprint density at radius 2 is 3.00 bits per heavy atom. The number of epoxide rings is 1. The molecule has 1 rings (SSSR count). The number of ether oxygens (including phenoxy) is 1. The van der Waals surface area contributed by atoms with Gasteiger partial charge in [0.2, 0.25) is 0 Å². The standard InChI is InChI=1S/C4H8O/c1-2-4-3-5-4/h4H,2-3H2,1H3/i4D. The first-order valence-electron chi connectivity index (χ1n) is 2.41. The highest BCUT2D eigenvalue weighted by molar-refractivity contribution is 4.64. The highest BCUT2D eigenvalue weighted by Crippen LogP contribution is 2.10. The molecule has 0 spiro atoms. The molecule has 1 saturated heterocycles. The van der Waals surface area contributed by atoms with Crippen LogP contribution in [0.15, 0.2) is 0 Å². The largest absolute Gasteiger partial charge is 0.373 e. The Morgan fingerprint density at radius 1 is 2.40 bits per heavy atom. The predicted octanol–water partition coefficient (Wildman–Crippen LogP) is 0.795. The van der Waals surface area contributed by atoms with Crippen molar-refractivity contribution in [2.75, 3.05) is 6.61 Å². The van der Waals surface area contributed by atoms with Crippen LogP contribution in [0.5, 0.6) is 0 Å². The summed E-state index contributed by atoms with van der Waals surface area (Å²) in [5.74, 6) is 0. The molecule has 1 atom stereocenters. The smallest absolute Gasteiger partial charge is 0.0807 e. The van der Waals surface area contributed by atoms with Gasteiger partial charge in [-0.15, -0.1) is 0 Å². The van der Waals surface area contributed by atoms with Gasteiger partial charge in [-0.3, -0.25) is 0 Å². The van der Waals surface area contributed by atoms with E-state index in [0.29, 0.717) is 6.61 Å². The second-order valence-corrected chi connectivity index (χ2v) is 1.18. The minimum absolute atomic E-state index is 0.458. The summed E-state index contributed by atoms with van der Waals surface area (Å²) in [4.78, 5) is 0. The van der Waals surface area contributed by atoms with E-state index >= 15 is 0 Å². The van der Waals surface area contributed by atoms with Gasteiger partial charge in [0.25, 0.3) is 0 Å². The summed E-state index contributed by atoms with van der Waals surface area (Å²) >= 11 is 0. The lowest BCUT2D eigenvalue weighted by molar-refractivity contribution is 0.403. The lowest BCUT2D eigenvalue weighted by Gasteiger charge is -1.69. The first-order chi connectivity index (χ1) is 2.77. The van der Waals surface area contributed by atoms with Crippen molar-refractivity contribution in [1.82, 2.24) is 0 Å². The lowest BCUT2D eigenvalue weighted by Crippen LogP contribution is -1.73. The van der Waals surface area contributed by atoms with Gasteiger partial charge in [-0.25, -0.2) is 0 Å². The minimum atomic E-state index is -0.458. The molecule has 0 saturated carbocycles. The molecule has 0 aromatic carbocycles. The van der Waals surface area contributed by atoms with Crippen molar-refractivity contribution in [2.45, 2.75) is 19.4 Å². The Labute approximate surface area is 33.3 Å². The fourth-order valence-corrected chi connectivity index (χ4v) is 0.255. The Bertz CT molecular complexity index is 58.6. The van der Waals surface area contributed by atoms with Crippen molar-refractivity contribution in [2.24, 2.45) is 0 Å². The van der Waals surface area contributed by atoms with Crippen LogP contribution in [0.25, 0.3) is 0 Å². The van der Waals surface area contributed by atoms with E-state index in [1.165, 1.54) is 0 Å². The SMILES string of the molecule is [2H]C1(CC)CO1. The molecule has 0 radical (unpaired) electrons. The summed E-state index contributed by atoms with van der Waals surface area (Å²) < 4.78 is 11.8. The Balaban J connectivity index is 2.28. The van der Waals surface area contributed by atoms with Crippen molar-refractivity contribution in [3.63, 3.8) is 0 Å². The van der Waals surface area contributed by atoms with E-state index in [2.05, 4.69) is 0 Å². The molecule has 1 unspecified atom stereocenters. The maximum absolute atomic E-state index is 7.07. The monoisotopic (exact) mass is 73.1 g/mol. The normalized spacial score (nSPS) is 51.8. The summed E-state index contributed by atoms with van der Waals surface area (Å²) in [6, 6.07) is 0. The number of hydrogen-bond donors (Lipinski definition) is 0. The molecular weight excluding hydrogens is 64.0 g/mol. The third kappa shape index (κ3) is 0.618. The summed E-state index contributed by atoms with van der Waals surface area (Å²) in [5.41, 5.74) is 0. The molecule has 30 valence electrons. The van der Waals surface area contributed by atoms with E-state index in [9.17, 15) is 0 Å². The average molecular weight is 73.1 g/mol. The molecule has 0 N–H and O–H groups in total. The van der Waals surface area contributed by atoms with Crippen LogP contribution < -0.4 is 0 Å². The van der Waals surface area contributed by atoms with Crippen LogP contribution in [-0.4, -0.2) is 12.7 Å². The van der Waals surface area contributed by atoms with Crippen LogP contribution in [0.1, 0.15) is 14.7 Å². The second-order valence-electron chi connectivity index (χ2n) is 1.18. The average Bonchev–Trinajstić information content (AvgIpc) is 2.22. The molecule has 0 bridgehead atoms. The molecule has 5 heavy (non-hydrogen) atoms. The van der Waals surface area contributed by atoms with E-state index in [1.807, 2.05) is 6.92 Å². The summed E-state index contributed by atoms with van der Waals surface area (Å²) in [6.07, 6.45) is 0.368.